The molecule has 0 radical (unpaired) electrons. The van der Waals surface area contributed by atoms with E-state index in [0.29, 0.717) is 11.0 Å². The Labute approximate surface area is 172 Å². The predicted octanol–water partition coefficient (Wildman–Crippen LogP) is 4.05. The van der Waals surface area contributed by atoms with Crippen molar-refractivity contribution in [1.29, 1.82) is 5.26 Å². The number of aliphatic hydroxyl groups is 1. The number of nitriles is 1. The van der Waals surface area contributed by atoms with Crippen molar-refractivity contribution in [1.82, 2.24) is 24.3 Å². The molecule has 2 heterocycles. The van der Waals surface area contributed by atoms with Gasteiger partial charge in [0.1, 0.15) is 23.7 Å². The molecule has 0 amide bonds. The highest BCUT2D eigenvalue weighted by Crippen LogP contribution is 2.27. The van der Waals surface area contributed by atoms with E-state index in [0.717, 1.165) is 22.3 Å². The number of para-hydroxylation sites is 3. The fraction of sp³-hybridized carbons (Fsp3) is 0.143. The first-order valence-electron chi connectivity index (χ1n) is 8.93. The van der Waals surface area contributed by atoms with Gasteiger partial charge in [-0.3, -0.25) is 4.57 Å². The Morgan fingerprint density at radius 1 is 1.17 bits per heavy atom. The van der Waals surface area contributed by atoms with E-state index in [4.69, 9.17) is 0 Å². The van der Waals surface area contributed by atoms with Crippen LogP contribution in [0.25, 0.3) is 22.3 Å². The zero-order valence-electron chi connectivity index (χ0n) is 15.9. The van der Waals surface area contributed by atoms with Crippen molar-refractivity contribution in [3.8, 4) is 11.8 Å². The summed E-state index contributed by atoms with van der Waals surface area (Å²) in [5, 5.41) is 29.1. The first-order valence-corrected chi connectivity index (χ1v) is 9.91. The van der Waals surface area contributed by atoms with Gasteiger partial charge in [-0.05, 0) is 30.7 Å². The number of nitrogens with zero attached hydrogens (tertiary/aromatic N) is 6. The summed E-state index contributed by atoms with van der Waals surface area (Å²) >= 11 is 1.31. The van der Waals surface area contributed by atoms with Crippen LogP contribution in [0.4, 0.5) is 0 Å². The molecule has 4 aromatic rings. The van der Waals surface area contributed by atoms with E-state index in [2.05, 4.69) is 21.3 Å². The summed E-state index contributed by atoms with van der Waals surface area (Å²) in [5.41, 5.74) is 3.89. The summed E-state index contributed by atoms with van der Waals surface area (Å²) < 4.78 is 3.68. The molecule has 0 saturated heterocycles. The van der Waals surface area contributed by atoms with Crippen LogP contribution in [0.15, 0.2) is 65.8 Å². The second-order valence-corrected chi connectivity index (χ2v) is 7.42. The summed E-state index contributed by atoms with van der Waals surface area (Å²) in [7, 11) is 1.83. The number of thioether (sulfide) groups is 1. The van der Waals surface area contributed by atoms with Gasteiger partial charge < -0.3 is 9.67 Å². The van der Waals surface area contributed by atoms with Crippen molar-refractivity contribution in [2.24, 2.45) is 7.05 Å². The number of aromatic nitrogens is 5. The van der Waals surface area contributed by atoms with Gasteiger partial charge in [-0.2, -0.15) is 5.26 Å². The maximum absolute atomic E-state index is 10.7. The summed E-state index contributed by atoms with van der Waals surface area (Å²) in [6.07, 6.45) is 1.64. The van der Waals surface area contributed by atoms with Crippen LogP contribution >= 0.6 is 11.8 Å². The van der Waals surface area contributed by atoms with Crippen LogP contribution in [0.1, 0.15) is 11.4 Å². The smallest absolute Gasteiger partial charge is 0.196 e. The molecule has 0 fully saturated rings. The minimum Gasteiger partial charge on any atom is -0.510 e. The van der Waals surface area contributed by atoms with Crippen LogP contribution in [0.5, 0.6) is 0 Å². The number of fused-ring (bicyclic) bond motifs is 1. The number of imidazole rings is 1. The Kier molecular flexibility index (Phi) is 5.06. The third kappa shape index (κ3) is 3.48. The van der Waals surface area contributed by atoms with Crippen LogP contribution in [-0.2, 0) is 7.05 Å². The molecule has 0 unspecified atom stereocenters. The molecule has 2 aromatic carbocycles. The Balaban J connectivity index is 1.64. The first kappa shape index (κ1) is 18.8. The SMILES string of the molecule is Cc1ccccc1-n1cnnc1SC/C(O)=C(\C#N)c1nc2ccccc2n1C. The van der Waals surface area contributed by atoms with Gasteiger partial charge in [0.05, 0.1) is 22.5 Å². The molecule has 0 aliphatic carbocycles. The molecule has 4 rings (SSSR count). The lowest BCUT2D eigenvalue weighted by molar-refractivity contribution is 0.420. The molecule has 0 spiro atoms. The molecule has 144 valence electrons. The highest BCUT2D eigenvalue weighted by Gasteiger charge is 2.17. The van der Waals surface area contributed by atoms with Gasteiger partial charge >= 0.3 is 0 Å². The summed E-state index contributed by atoms with van der Waals surface area (Å²) in [5.74, 6) is 0.568. The Hall–Kier alpha value is -3.57. The number of aryl methyl sites for hydroxylation is 2. The number of aliphatic hydroxyl groups excluding tert-OH is 1. The summed E-state index contributed by atoms with van der Waals surface area (Å²) in [6, 6.07) is 17.6. The number of hydrogen-bond donors (Lipinski definition) is 1. The van der Waals surface area contributed by atoms with Crippen LogP contribution in [-0.4, -0.2) is 35.2 Å². The molecule has 29 heavy (non-hydrogen) atoms. The van der Waals surface area contributed by atoms with E-state index in [-0.39, 0.29) is 17.1 Å². The van der Waals surface area contributed by atoms with Gasteiger partial charge in [0.25, 0.3) is 0 Å². The van der Waals surface area contributed by atoms with Gasteiger partial charge in [0.2, 0.25) is 0 Å². The number of benzene rings is 2. The number of hydrogen-bond acceptors (Lipinski definition) is 6. The number of rotatable bonds is 5. The minimum atomic E-state index is -0.0461. The first-order chi connectivity index (χ1) is 14.1. The molecule has 0 atom stereocenters. The molecule has 0 bridgehead atoms. The van der Waals surface area contributed by atoms with E-state index in [1.165, 1.54) is 11.8 Å². The van der Waals surface area contributed by atoms with Gasteiger partial charge in [0.15, 0.2) is 11.0 Å². The highest BCUT2D eigenvalue weighted by molar-refractivity contribution is 7.99. The Bertz CT molecular complexity index is 1260. The van der Waals surface area contributed by atoms with Crippen LogP contribution in [0.3, 0.4) is 0 Å². The van der Waals surface area contributed by atoms with Crippen LogP contribution in [0.2, 0.25) is 0 Å². The minimum absolute atomic E-state index is 0.0461. The lowest BCUT2D eigenvalue weighted by atomic mass is 10.2. The highest BCUT2D eigenvalue weighted by atomic mass is 32.2. The van der Waals surface area contributed by atoms with Crippen LogP contribution in [0, 0.1) is 18.3 Å². The maximum atomic E-state index is 10.7. The van der Waals surface area contributed by atoms with Gasteiger partial charge in [-0.15, -0.1) is 10.2 Å². The predicted molar refractivity (Wildman–Crippen MR) is 113 cm³/mol. The molecule has 0 aliphatic rings. The third-order valence-corrected chi connectivity index (χ3v) is 5.59. The van der Waals surface area contributed by atoms with Crippen molar-refractivity contribution >= 4 is 28.4 Å². The van der Waals surface area contributed by atoms with E-state index in [1.807, 2.05) is 71.6 Å². The van der Waals surface area contributed by atoms with Crippen molar-refractivity contribution in [2.45, 2.75) is 12.1 Å². The average molecular weight is 402 g/mol. The Morgan fingerprint density at radius 3 is 2.69 bits per heavy atom. The maximum Gasteiger partial charge on any atom is 0.196 e. The monoisotopic (exact) mass is 402 g/mol. The average Bonchev–Trinajstić information content (AvgIpc) is 3.33. The molecular formula is C21H18N6OS. The second kappa shape index (κ2) is 7.81. The second-order valence-electron chi connectivity index (χ2n) is 6.48. The largest absolute Gasteiger partial charge is 0.510 e. The van der Waals surface area contributed by atoms with Crippen molar-refractivity contribution in [2.75, 3.05) is 5.75 Å². The summed E-state index contributed by atoms with van der Waals surface area (Å²) in [4.78, 5) is 4.51. The number of allylic oxidation sites excluding steroid dienone is 1. The van der Waals surface area contributed by atoms with E-state index in [1.54, 1.807) is 6.33 Å². The fourth-order valence-electron chi connectivity index (χ4n) is 3.14. The van der Waals surface area contributed by atoms with Gasteiger partial charge in [0, 0.05) is 7.05 Å². The normalized spacial score (nSPS) is 12.0. The zero-order valence-corrected chi connectivity index (χ0v) is 16.8. The zero-order chi connectivity index (χ0) is 20.4. The molecular weight excluding hydrogens is 384 g/mol. The lowest BCUT2D eigenvalue weighted by Gasteiger charge is -2.09. The molecule has 7 nitrogen and oxygen atoms in total. The molecule has 2 aromatic heterocycles. The van der Waals surface area contributed by atoms with Crippen LogP contribution < -0.4 is 0 Å². The third-order valence-electron chi connectivity index (χ3n) is 4.64. The van der Waals surface area contributed by atoms with Crippen molar-refractivity contribution in [3.63, 3.8) is 0 Å². The molecule has 0 saturated carbocycles. The van der Waals surface area contributed by atoms with E-state index in [9.17, 15) is 10.4 Å². The molecule has 8 heteroatoms. The molecule has 0 aliphatic heterocycles. The van der Waals surface area contributed by atoms with E-state index >= 15 is 0 Å². The van der Waals surface area contributed by atoms with E-state index < -0.39 is 0 Å². The topological polar surface area (TPSA) is 92.5 Å². The van der Waals surface area contributed by atoms with Gasteiger partial charge in [-0.1, -0.05) is 42.1 Å². The summed E-state index contributed by atoms with van der Waals surface area (Å²) in [6.45, 7) is 2.01. The van der Waals surface area contributed by atoms with Crippen molar-refractivity contribution in [3.05, 3.63) is 72.0 Å². The quantitative estimate of drug-likeness (QED) is 0.308. The van der Waals surface area contributed by atoms with Crippen molar-refractivity contribution < 1.29 is 5.11 Å². The fourth-order valence-corrected chi connectivity index (χ4v) is 3.94. The van der Waals surface area contributed by atoms with Gasteiger partial charge in [-0.25, -0.2) is 4.98 Å². The Morgan fingerprint density at radius 2 is 1.93 bits per heavy atom. The molecule has 1 N–H and O–H groups in total. The lowest BCUT2D eigenvalue weighted by Crippen LogP contribution is -2.02. The standard InChI is InChI=1S/C21H18N6OS/c1-14-7-3-5-9-17(14)27-13-23-25-21(27)29-12-19(28)15(11-22)20-24-16-8-4-6-10-18(16)26(20)2/h3-10,13,28H,12H2,1-2H3/b19-15-.